The van der Waals surface area contributed by atoms with Crippen molar-refractivity contribution in [1.29, 1.82) is 0 Å². The minimum Gasteiger partial charge on any atom is -0.324 e. The summed E-state index contributed by atoms with van der Waals surface area (Å²) in [6.45, 7) is 3.58. The fourth-order valence-electron chi connectivity index (χ4n) is 2.11. The molecule has 18 heavy (non-hydrogen) atoms. The molecule has 1 aromatic rings. The quantitative estimate of drug-likeness (QED) is 0.377. The van der Waals surface area contributed by atoms with Gasteiger partial charge < -0.3 is 5.11 Å². The van der Waals surface area contributed by atoms with E-state index in [1.807, 2.05) is 31.2 Å². The van der Waals surface area contributed by atoms with E-state index in [0.29, 0.717) is 5.57 Å². The summed E-state index contributed by atoms with van der Waals surface area (Å²) >= 11 is 0. The monoisotopic (exact) mass is 245 g/mol. The lowest BCUT2D eigenvalue weighted by Crippen LogP contribution is -2.38. The minimum atomic E-state index is -2.06. The molecule has 0 fully saturated rings. The van der Waals surface area contributed by atoms with Crippen LogP contribution in [0.15, 0.2) is 48.1 Å². The van der Waals surface area contributed by atoms with Gasteiger partial charge in [0, 0.05) is 17.6 Å². The van der Waals surface area contributed by atoms with Gasteiger partial charge in [-0.05, 0) is 19.4 Å². The van der Waals surface area contributed by atoms with Crippen LogP contribution < -0.4 is 0 Å². The Balaban J connectivity index is 2.35. The van der Waals surface area contributed by atoms with Crippen LogP contribution in [-0.2, 0) is 0 Å². The molecule has 1 aliphatic rings. The van der Waals surface area contributed by atoms with Crippen molar-refractivity contribution in [2.45, 2.75) is 25.5 Å². The lowest BCUT2D eigenvalue weighted by Gasteiger charge is -2.23. The van der Waals surface area contributed by atoms with Gasteiger partial charge in [-0.25, -0.2) is 0 Å². The van der Waals surface area contributed by atoms with Gasteiger partial charge in [0.1, 0.15) is 0 Å². The van der Waals surface area contributed by atoms with Crippen molar-refractivity contribution in [1.82, 2.24) is 0 Å². The molecule has 0 heterocycles. The molecule has 0 aliphatic heterocycles. The van der Waals surface area contributed by atoms with E-state index in [1.54, 1.807) is 19.1 Å². The number of rotatable bonds is 2. The minimum absolute atomic E-state index is 0.0230. The smallest absolute Gasteiger partial charge is 0.324 e. The Labute approximate surface area is 105 Å². The summed E-state index contributed by atoms with van der Waals surface area (Å²) in [6.07, 6.45) is 4.66. The van der Waals surface area contributed by atoms with E-state index in [-0.39, 0.29) is 5.92 Å². The molecule has 4 nitrogen and oxygen atoms in total. The highest BCUT2D eigenvalue weighted by Gasteiger charge is 2.41. The maximum absolute atomic E-state index is 10.8. The molecule has 1 aliphatic carbocycles. The van der Waals surface area contributed by atoms with Crippen molar-refractivity contribution in [3.8, 4) is 0 Å². The van der Waals surface area contributed by atoms with Crippen molar-refractivity contribution in [3.05, 3.63) is 69.3 Å². The van der Waals surface area contributed by atoms with E-state index in [4.69, 9.17) is 0 Å². The standard InChI is InChI=1S/C14H15NO3/c1-10-4-3-5-12(8-10)13-6-7-14(16,15(17)18)11(2)9-13/h3-9,13,16H,1-2H3. The topological polar surface area (TPSA) is 63.4 Å². The van der Waals surface area contributed by atoms with Crippen molar-refractivity contribution in [2.75, 3.05) is 0 Å². The summed E-state index contributed by atoms with van der Waals surface area (Å²) in [5.41, 5.74) is 0.500. The Morgan fingerprint density at radius 1 is 1.39 bits per heavy atom. The third kappa shape index (κ3) is 2.07. The first-order valence-electron chi connectivity index (χ1n) is 5.75. The Morgan fingerprint density at radius 3 is 2.67 bits per heavy atom. The van der Waals surface area contributed by atoms with Crippen LogP contribution in [0.2, 0.25) is 0 Å². The van der Waals surface area contributed by atoms with E-state index in [9.17, 15) is 15.2 Å². The molecule has 2 atom stereocenters. The number of nitro groups is 1. The molecule has 0 saturated carbocycles. The highest BCUT2D eigenvalue weighted by Crippen LogP contribution is 2.32. The maximum Gasteiger partial charge on any atom is 0.364 e. The molecule has 4 heteroatoms. The Morgan fingerprint density at radius 2 is 2.11 bits per heavy atom. The molecule has 0 saturated heterocycles. The zero-order chi connectivity index (χ0) is 13.3. The lowest BCUT2D eigenvalue weighted by atomic mass is 9.87. The average molecular weight is 245 g/mol. The van der Waals surface area contributed by atoms with Crippen LogP contribution >= 0.6 is 0 Å². The van der Waals surface area contributed by atoms with Gasteiger partial charge in [-0.3, -0.25) is 10.1 Å². The van der Waals surface area contributed by atoms with Crippen molar-refractivity contribution in [3.63, 3.8) is 0 Å². The number of allylic oxidation sites excluding steroid dienone is 2. The SMILES string of the molecule is CC1=CC(c2cccc(C)c2)C=CC1(O)[N+](=O)[O-]. The summed E-state index contributed by atoms with van der Waals surface area (Å²) in [4.78, 5) is 10.2. The average Bonchev–Trinajstić information content (AvgIpc) is 2.32. The number of benzene rings is 1. The third-order valence-electron chi connectivity index (χ3n) is 3.25. The Kier molecular flexibility index (Phi) is 3.05. The van der Waals surface area contributed by atoms with Crippen LogP contribution in [0.5, 0.6) is 0 Å². The molecule has 0 aromatic heterocycles. The molecule has 0 spiro atoms. The van der Waals surface area contributed by atoms with Gasteiger partial charge in [-0.1, -0.05) is 42.0 Å². The van der Waals surface area contributed by atoms with Crippen LogP contribution in [0, 0.1) is 17.0 Å². The highest BCUT2D eigenvalue weighted by molar-refractivity contribution is 5.38. The number of nitrogens with zero attached hydrogens (tertiary/aromatic N) is 1. The summed E-state index contributed by atoms with van der Waals surface area (Å²) in [5.74, 6) is -0.0230. The van der Waals surface area contributed by atoms with Gasteiger partial charge in [0.2, 0.25) is 0 Å². The highest BCUT2D eigenvalue weighted by atomic mass is 16.7. The summed E-state index contributed by atoms with van der Waals surface area (Å²) in [5, 5.41) is 20.7. The molecule has 2 unspecified atom stereocenters. The van der Waals surface area contributed by atoms with Crippen LogP contribution in [0.3, 0.4) is 0 Å². The van der Waals surface area contributed by atoms with Crippen molar-refractivity contribution >= 4 is 0 Å². The maximum atomic E-state index is 10.8. The number of aliphatic hydroxyl groups is 1. The third-order valence-corrected chi connectivity index (χ3v) is 3.25. The van der Waals surface area contributed by atoms with E-state index >= 15 is 0 Å². The lowest BCUT2D eigenvalue weighted by molar-refractivity contribution is -0.595. The second-order valence-corrected chi connectivity index (χ2v) is 4.63. The van der Waals surface area contributed by atoms with Crippen molar-refractivity contribution in [2.24, 2.45) is 0 Å². The van der Waals surface area contributed by atoms with Gasteiger partial charge in [0.25, 0.3) is 0 Å². The molecular weight excluding hydrogens is 230 g/mol. The predicted octanol–water partition coefficient (Wildman–Crippen LogP) is 2.56. The largest absolute Gasteiger partial charge is 0.364 e. The second-order valence-electron chi connectivity index (χ2n) is 4.63. The first-order chi connectivity index (χ1) is 8.43. The summed E-state index contributed by atoms with van der Waals surface area (Å²) < 4.78 is 0. The predicted molar refractivity (Wildman–Crippen MR) is 68.8 cm³/mol. The normalized spacial score (nSPS) is 26.8. The van der Waals surface area contributed by atoms with Crippen molar-refractivity contribution < 1.29 is 10.0 Å². The Bertz CT molecular complexity index is 548. The van der Waals surface area contributed by atoms with Gasteiger partial charge in [-0.2, -0.15) is 0 Å². The van der Waals surface area contributed by atoms with Crippen LogP contribution in [-0.4, -0.2) is 15.8 Å². The zero-order valence-corrected chi connectivity index (χ0v) is 10.3. The van der Waals surface area contributed by atoms with Gasteiger partial charge >= 0.3 is 5.72 Å². The zero-order valence-electron chi connectivity index (χ0n) is 10.3. The number of aryl methyl sites for hydroxylation is 1. The summed E-state index contributed by atoms with van der Waals surface area (Å²) in [7, 11) is 0. The first-order valence-corrected chi connectivity index (χ1v) is 5.75. The van der Waals surface area contributed by atoms with E-state index < -0.39 is 10.6 Å². The fourth-order valence-corrected chi connectivity index (χ4v) is 2.11. The molecule has 0 radical (unpaired) electrons. The van der Waals surface area contributed by atoms with Gasteiger partial charge in [0.05, 0.1) is 4.92 Å². The molecule has 2 rings (SSSR count). The van der Waals surface area contributed by atoms with Crippen LogP contribution in [0.25, 0.3) is 0 Å². The van der Waals surface area contributed by atoms with E-state index in [1.165, 1.54) is 6.08 Å². The van der Waals surface area contributed by atoms with Gasteiger partial charge in [0.15, 0.2) is 0 Å². The van der Waals surface area contributed by atoms with E-state index in [0.717, 1.165) is 11.1 Å². The summed E-state index contributed by atoms with van der Waals surface area (Å²) in [6, 6.07) is 7.97. The van der Waals surface area contributed by atoms with E-state index in [2.05, 4.69) is 0 Å². The van der Waals surface area contributed by atoms with Crippen LogP contribution in [0.1, 0.15) is 24.0 Å². The number of hydrogen-bond acceptors (Lipinski definition) is 3. The van der Waals surface area contributed by atoms with Crippen LogP contribution in [0.4, 0.5) is 0 Å². The second kappa shape index (κ2) is 4.38. The molecule has 0 bridgehead atoms. The molecule has 1 aromatic carbocycles. The Hall–Kier alpha value is -1.94. The molecular formula is C14H15NO3. The molecule has 1 N–H and O–H groups in total. The van der Waals surface area contributed by atoms with Gasteiger partial charge in [-0.15, -0.1) is 0 Å². The first kappa shape index (κ1) is 12.5. The molecule has 94 valence electrons. The fraction of sp³-hybridized carbons (Fsp3) is 0.286. The number of hydrogen-bond donors (Lipinski definition) is 1. The molecule has 0 amide bonds.